The molecule has 2 N–H and O–H groups in total. The first-order valence-electron chi connectivity index (χ1n) is 7.65. The minimum absolute atomic E-state index is 0.788. The van der Waals surface area contributed by atoms with E-state index in [-0.39, 0.29) is 0 Å². The maximum atomic E-state index is 4.59. The maximum absolute atomic E-state index is 4.59. The Bertz CT molecular complexity index is 789. The van der Waals surface area contributed by atoms with Crippen LogP contribution in [0.4, 0.5) is 0 Å². The lowest BCUT2D eigenvalue weighted by Crippen LogP contribution is -2.38. The van der Waals surface area contributed by atoms with E-state index in [9.17, 15) is 0 Å². The normalized spacial score (nSPS) is 11.8. The number of imidazole rings is 1. The first-order chi connectivity index (χ1) is 11.3. The molecule has 0 saturated heterocycles. The van der Waals surface area contributed by atoms with E-state index >= 15 is 0 Å². The summed E-state index contributed by atoms with van der Waals surface area (Å²) >= 11 is 1.71. The lowest BCUT2D eigenvalue weighted by atomic mass is 10.3. The number of para-hydroxylation sites is 2. The van der Waals surface area contributed by atoms with Crippen molar-refractivity contribution in [3.05, 3.63) is 52.5 Å². The Morgan fingerprint density at radius 3 is 2.91 bits per heavy atom. The molecule has 1 aromatic carbocycles. The van der Waals surface area contributed by atoms with Crippen LogP contribution in [0.15, 0.2) is 46.1 Å². The van der Waals surface area contributed by atoms with Crippen molar-refractivity contribution in [1.82, 2.24) is 20.2 Å². The van der Waals surface area contributed by atoms with Crippen molar-refractivity contribution >= 4 is 28.3 Å². The molecule has 0 aliphatic heterocycles. The molecule has 6 heteroatoms. The second-order valence-electron chi connectivity index (χ2n) is 5.28. The fourth-order valence-electron chi connectivity index (χ4n) is 2.56. The van der Waals surface area contributed by atoms with E-state index in [0.717, 1.165) is 36.9 Å². The van der Waals surface area contributed by atoms with E-state index in [1.54, 1.807) is 18.4 Å². The van der Waals surface area contributed by atoms with Gasteiger partial charge < -0.3 is 15.2 Å². The molecule has 0 aliphatic rings. The molecule has 0 radical (unpaired) electrons. The van der Waals surface area contributed by atoms with E-state index in [4.69, 9.17) is 0 Å². The molecule has 3 aromatic rings. The number of thiophene rings is 1. The third kappa shape index (κ3) is 3.71. The predicted molar refractivity (Wildman–Crippen MR) is 97.0 cm³/mol. The summed E-state index contributed by atoms with van der Waals surface area (Å²) in [6, 6.07) is 10.3. The van der Waals surface area contributed by atoms with Gasteiger partial charge in [0.15, 0.2) is 5.96 Å². The summed E-state index contributed by atoms with van der Waals surface area (Å²) in [5, 5.41) is 10.9. The van der Waals surface area contributed by atoms with Gasteiger partial charge >= 0.3 is 0 Å². The van der Waals surface area contributed by atoms with Gasteiger partial charge in [-0.25, -0.2) is 4.98 Å². The summed E-state index contributed by atoms with van der Waals surface area (Å²) in [4.78, 5) is 8.86. The number of aliphatic imine (C=N–C) groups is 1. The second-order valence-corrected chi connectivity index (χ2v) is 6.06. The second kappa shape index (κ2) is 7.28. The number of nitrogens with zero attached hydrogens (tertiary/aromatic N) is 3. The van der Waals surface area contributed by atoms with Crippen LogP contribution in [0.2, 0.25) is 0 Å². The van der Waals surface area contributed by atoms with E-state index in [0.29, 0.717) is 0 Å². The largest absolute Gasteiger partial charge is 0.355 e. The summed E-state index contributed by atoms with van der Waals surface area (Å²) in [6.07, 6.45) is 0. The summed E-state index contributed by atoms with van der Waals surface area (Å²) in [5.41, 5.74) is 3.49. The highest BCUT2D eigenvalue weighted by Crippen LogP contribution is 2.14. The number of guanidine groups is 1. The van der Waals surface area contributed by atoms with Crippen LogP contribution in [-0.2, 0) is 13.1 Å². The number of fused-ring (bicyclic) bond motifs is 1. The third-order valence-electron chi connectivity index (χ3n) is 3.74. The first kappa shape index (κ1) is 15.6. The van der Waals surface area contributed by atoms with Crippen LogP contribution < -0.4 is 10.6 Å². The number of rotatable bonds is 5. The number of benzene rings is 1. The molecule has 0 atom stereocenters. The fraction of sp³-hybridized carbons (Fsp3) is 0.294. The standard InChI is InChI=1S/C17H21N5S/c1-13-21-15-5-3-4-6-16(15)22(13)9-8-19-17(18-2)20-11-14-7-10-23-12-14/h3-7,10,12H,8-9,11H2,1-2H3,(H2,18,19,20). The van der Waals surface area contributed by atoms with Crippen molar-refractivity contribution in [2.24, 2.45) is 4.99 Å². The molecular formula is C17H21N5S. The van der Waals surface area contributed by atoms with Crippen molar-refractivity contribution in [1.29, 1.82) is 0 Å². The van der Waals surface area contributed by atoms with Crippen molar-refractivity contribution in [2.45, 2.75) is 20.0 Å². The SMILES string of the molecule is CN=C(NCCn1c(C)nc2ccccc21)NCc1ccsc1. The number of hydrogen-bond acceptors (Lipinski definition) is 3. The molecule has 0 spiro atoms. The van der Waals surface area contributed by atoms with E-state index in [1.165, 1.54) is 11.1 Å². The third-order valence-corrected chi connectivity index (χ3v) is 4.47. The molecule has 2 heterocycles. The molecule has 0 bridgehead atoms. The van der Waals surface area contributed by atoms with Gasteiger partial charge in [-0.1, -0.05) is 12.1 Å². The monoisotopic (exact) mass is 327 g/mol. The zero-order valence-electron chi connectivity index (χ0n) is 13.4. The Morgan fingerprint density at radius 2 is 2.13 bits per heavy atom. The minimum atomic E-state index is 0.788. The number of aryl methyl sites for hydroxylation is 1. The zero-order chi connectivity index (χ0) is 16.1. The quantitative estimate of drug-likeness (QED) is 0.560. The van der Waals surface area contributed by atoms with Gasteiger partial charge in [0.25, 0.3) is 0 Å². The van der Waals surface area contributed by atoms with Gasteiger partial charge in [0.2, 0.25) is 0 Å². The minimum Gasteiger partial charge on any atom is -0.355 e. The predicted octanol–water partition coefficient (Wildman–Crippen LogP) is 2.77. The van der Waals surface area contributed by atoms with Crippen molar-refractivity contribution in [2.75, 3.05) is 13.6 Å². The molecule has 0 fully saturated rings. The van der Waals surface area contributed by atoms with Crippen molar-refractivity contribution < 1.29 is 0 Å². The molecular weight excluding hydrogens is 306 g/mol. The molecule has 23 heavy (non-hydrogen) atoms. The summed E-state index contributed by atoms with van der Waals surface area (Å²) < 4.78 is 2.23. The molecule has 3 rings (SSSR count). The molecule has 0 unspecified atom stereocenters. The van der Waals surface area contributed by atoms with Crippen molar-refractivity contribution in [3.8, 4) is 0 Å². The van der Waals surface area contributed by atoms with Crippen LogP contribution in [0.3, 0.4) is 0 Å². The molecule has 0 amide bonds. The summed E-state index contributed by atoms with van der Waals surface area (Å²) in [6.45, 7) is 4.48. The van der Waals surface area contributed by atoms with Crippen LogP contribution >= 0.6 is 11.3 Å². The smallest absolute Gasteiger partial charge is 0.191 e. The van der Waals surface area contributed by atoms with E-state index in [1.807, 2.05) is 19.1 Å². The Labute approximate surface area is 140 Å². The van der Waals surface area contributed by atoms with Gasteiger partial charge in [-0.15, -0.1) is 0 Å². The van der Waals surface area contributed by atoms with Crippen molar-refractivity contribution in [3.63, 3.8) is 0 Å². The summed E-state index contributed by atoms with van der Waals surface area (Å²) in [7, 11) is 1.79. The number of hydrogen-bond donors (Lipinski definition) is 2. The molecule has 0 saturated carbocycles. The summed E-state index contributed by atoms with van der Waals surface area (Å²) in [5.74, 6) is 1.85. The lowest BCUT2D eigenvalue weighted by Gasteiger charge is -2.12. The van der Waals surface area contributed by atoms with Gasteiger partial charge in [-0.05, 0) is 41.4 Å². The van der Waals surface area contributed by atoms with Crippen LogP contribution in [0.25, 0.3) is 11.0 Å². The molecule has 120 valence electrons. The molecule has 0 aliphatic carbocycles. The average Bonchev–Trinajstić information content (AvgIpc) is 3.18. The highest BCUT2D eigenvalue weighted by molar-refractivity contribution is 7.07. The number of aromatic nitrogens is 2. The average molecular weight is 327 g/mol. The fourth-order valence-corrected chi connectivity index (χ4v) is 3.23. The Balaban J connectivity index is 1.56. The van der Waals surface area contributed by atoms with E-state index in [2.05, 4.69) is 54.1 Å². The van der Waals surface area contributed by atoms with Gasteiger partial charge in [0.1, 0.15) is 5.82 Å². The highest BCUT2D eigenvalue weighted by atomic mass is 32.1. The van der Waals surface area contributed by atoms with Crippen LogP contribution in [-0.4, -0.2) is 29.1 Å². The van der Waals surface area contributed by atoms with Gasteiger partial charge in [0.05, 0.1) is 11.0 Å². The van der Waals surface area contributed by atoms with Crippen LogP contribution in [0.5, 0.6) is 0 Å². The molecule has 2 aromatic heterocycles. The van der Waals surface area contributed by atoms with Crippen LogP contribution in [0.1, 0.15) is 11.4 Å². The highest BCUT2D eigenvalue weighted by Gasteiger charge is 2.06. The lowest BCUT2D eigenvalue weighted by molar-refractivity contribution is 0.660. The van der Waals surface area contributed by atoms with Gasteiger partial charge in [-0.2, -0.15) is 11.3 Å². The Kier molecular flexibility index (Phi) is 4.92. The maximum Gasteiger partial charge on any atom is 0.191 e. The molecule has 5 nitrogen and oxygen atoms in total. The van der Waals surface area contributed by atoms with Gasteiger partial charge in [0, 0.05) is 26.7 Å². The van der Waals surface area contributed by atoms with Gasteiger partial charge in [-0.3, -0.25) is 4.99 Å². The Morgan fingerprint density at radius 1 is 1.26 bits per heavy atom. The van der Waals surface area contributed by atoms with Crippen LogP contribution in [0, 0.1) is 6.92 Å². The zero-order valence-corrected chi connectivity index (χ0v) is 14.2. The first-order valence-corrected chi connectivity index (χ1v) is 8.59. The Hall–Kier alpha value is -2.34. The van der Waals surface area contributed by atoms with E-state index < -0.39 is 0 Å². The number of nitrogens with one attached hydrogen (secondary N) is 2. The topological polar surface area (TPSA) is 54.2 Å².